The zero-order valence-corrected chi connectivity index (χ0v) is 11.4. The van der Waals surface area contributed by atoms with Crippen molar-refractivity contribution in [1.29, 1.82) is 0 Å². The Labute approximate surface area is 108 Å². The normalized spacial score (nSPS) is 12.9. The molecule has 0 N–H and O–H groups in total. The quantitative estimate of drug-likeness (QED) is 0.467. The van der Waals surface area contributed by atoms with Crippen molar-refractivity contribution in [3.8, 4) is 0 Å². The van der Waals surface area contributed by atoms with Gasteiger partial charge in [0, 0.05) is 5.56 Å². The Bertz CT molecular complexity index is 415. The third kappa shape index (κ3) is 3.99. The minimum Gasteiger partial charge on any atom is -0.459 e. The van der Waals surface area contributed by atoms with Gasteiger partial charge in [-0.1, -0.05) is 37.3 Å². The smallest absolute Gasteiger partial charge is 0.317 e. The lowest BCUT2D eigenvalue weighted by Gasteiger charge is -2.22. The maximum Gasteiger partial charge on any atom is 0.317 e. The third-order valence-corrected chi connectivity index (χ3v) is 2.47. The van der Waals surface area contributed by atoms with Crippen LogP contribution in [0.1, 0.15) is 44.5 Å². The highest BCUT2D eigenvalue weighted by atomic mass is 16.6. The molecule has 0 aromatic heterocycles. The Morgan fingerprint density at radius 2 is 1.72 bits per heavy atom. The predicted octanol–water partition coefficient (Wildman–Crippen LogP) is 3.24. The Morgan fingerprint density at radius 3 is 2.17 bits per heavy atom. The second-order valence-electron chi connectivity index (χ2n) is 5.22. The van der Waals surface area contributed by atoms with Crippen molar-refractivity contribution in [3.05, 3.63) is 35.9 Å². The molecule has 0 aliphatic carbocycles. The second-order valence-corrected chi connectivity index (χ2v) is 5.22. The number of ether oxygens (including phenoxy) is 1. The maximum absolute atomic E-state index is 12.2. The lowest BCUT2D eigenvalue weighted by molar-refractivity contribution is -0.158. The zero-order valence-electron chi connectivity index (χ0n) is 11.4. The van der Waals surface area contributed by atoms with Gasteiger partial charge in [0.15, 0.2) is 5.78 Å². The minimum absolute atomic E-state index is 0.174. The van der Waals surface area contributed by atoms with E-state index < -0.39 is 17.5 Å². The van der Waals surface area contributed by atoms with Crippen molar-refractivity contribution in [3.63, 3.8) is 0 Å². The van der Waals surface area contributed by atoms with E-state index in [9.17, 15) is 9.59 Å². The van der Waals surface area contributed by atoms with Crippen molar-refractivity contribution in [2.24, 2.45) is 5.92 Å². The van der Waals surface area contributed by atoms with Crippen LogP contribution in [-0.4, -0.2) is 17.4 Å². The van der Waals surface area contributed by atoms with E-state index in [1.165, 1.54) is 0 Å². The summed E-state index contributed by atoms with van der Waals surface area (Å²) in [6.45, 7) is 7.20. The molecular weight excluding hydrogens is 228 g/mol. The van der Waals surface area contributed by atoms with Crippen molar-refractivity contribution >= 4 is 11.8 Å². The van der Waals surface area contributed by atoms with Crippen LogP contribution in [0.15, 0.2) is 30.3 Å². The number of ketones is 1. The van der Waals surface area contributed by atoms with E-state index in [-0.39, 0.29) is 5.78 Å². The van der Waals surface area contributed by atoms with Crippen LogP contribution in [0, 0.1) is 5.92 Å². The SMILES string of the molecule is CCC(C(=O)OC(C)(C)C)C(=O)c1ccccc1. The average molecular weight is 248 g/mol. The molecule has 1 atom stereocenters. The minimum atomic E-state index is -0.716. The number of Topliss-reactive ketones (excluding diaryl/α,β-unsaturated/α-hetero) is 1. The molecule has 98 valence electrons. The predicted molar refractivity (Wildman–Crippen MR) is 70.4 cm³/mol. The first-order valence-corrected chi connectivity index (χ1v) is 6.17. The summed E-state index contributed by atoms with van der Waals surface area (Å²) in [5.74, 6) is -1.34. The Balaban J connectivity index is 2.84. The summed E-state index contributed by atoms with van der Waals surface area (Å²) in [5, 5.41) is 0. The maximum atomic E-state index is 12.2. The molecule has 0 saturated carbocycles. The first-order chi connectivity index (χ1) is 8.35. The number of hydrogen-bond acceptors (Lipinski definition) is 3. The van der Waals surface area contributed by atoms with Gasteiger partial charge in [0.1, 0.15) is 11.5 Å². The lowest BCUT2D eigenvalue weighted by atomic mass is 9.95. The molecule has 0 bridgehead atoms. The summed E-state index contributed by atoms with van der Waals surface area (Å²) in [6, 6.07) is 8.85. The van der Waals surface area contributed by atoms with Gasteiger partial charge in [-0.05, 0) is 27.2 Å². The van der Waals surface area contributed by atoms with Gasteiger partial charge in [-0.2, -0.15) is 0 Å². The standard InChI is InChI=1S/C15H20O3/c1-5-12(14(17)18-15(2,3)4)13(16)11-9-7-6-8-10-11/h6-10,12H,5H2,1-4H3. The van der Waals surface area contributed by atoms with Crippen LogP contribution < -0.4 is 0 Å². The molecular formula is C15H20O3. The van der Waals surface area contributed by atoms with Crippen LogP contribution in [0.3, 0.4) is 0 Å². The van der Waals surface area contributed by atoms with Gasteiger partial charge in [-0.25, -0.2) is 0 Å². The first-order valence-electron chi connectivity index (χ1n) is 6.17. The van der Waals surface area contributed by atoms with Crippen LogP contribution in [-0.2, 0) is 9.53 Å². The van der Waals surface area contributed by atoms with Gasteiger partial charge in [-0.15, -0.1) is 0 Å². The van der Waals surface area contributed by atoms with Gasteiger partial charge in [0.05, 0.1) is 0 Å². The second kappa shape index (κ2) is 5.80. The van der Waals surface area contributed by atoms with Crippen molar-refractivity contribution < 1.29 is 14.3 Å². The number of carbonyl (C=O) groups is 2. The Kier molecular flexibility index (Phi) is 4.65. The molecule has 18 heavy (non-hydrogen) atoms. The number of hydrogen-bond donors (Lipinski definition) is 0. The van der Waals surface area contributed by atoms with Crippen molar-refractivity contribution in [2.75, 3.05) is 0 Å². The fourth-order valence-corrected chi connectivity index (χ4v) is 1.64. The van der Waals surface area contributed by atoms with E-state index in [0.29, 0.717) is 12.0 Å². The fourth-order valence-electron chi connectivity index (χ4n) is 1.64. The summed E-state index contributed by atoms with van der Waals surface area (Å²) in [6.07, 6.45) is 0.447. The van der Waals surface area contributed by atoms with E-state index in [1.54, 1.807) is 45.0 Å². The summed E-state index contributed by atoms with van der Waals surface area (Å²) in [5.41, 5.74) is -0.0169. The summed E-state index contributed by atoms with van der Waals surface area (Å²) in [4.78, 5) is 24.2. The fraction of sp³-hybridized carbons (Fsp3) is 0.467. The Morgan fingerprint density at radius 1 is 1.17 bits per heavy atom. The number of carbonyl (C=O) groups excluding carboxylic acids is 2. The van der Waals surface area contributed by atoms with E-state index in [4.69, 9.17) is 4.74 Å². The third-order valence-electron chi connectivity index (χ3n) is 2.47. The van der Waals surface area contributed by atoms with E-state index >= 15 is 0 Å². The molecule has 0 fully saturated rings. The van der Waals surface area contributed by atoms with Gasteiger partial charge < -0.3 is 4.74 Å². The van der Waals surface area contributed by atoms with Crippen LogP contribution in [0.2, 0.25) is 0 Å². The van der Waals surface area contributed by atoms with Crippen molar-refractivity contribution in [1.82, 2.24) is 0 Å². The highest BCUT2D eigenvalue weighted by molar-refractivity contribution is 6.08. The topological polar surface area (TPSA) is 43.4 Å². The lowest BCUT2D eigenvalue weighted by Crippen LogP contribution is -2.32. The largest absolute Gasteiger partial charge is 0.459 e. The Hall–Kier alpha value is -1.64. The van der Waals surface area contributed by atoms with Crippen LogP contribution in [0.25, 0.3) is 0 Å². The summed E-state index contributed by atoms with van der Waals surface area (Å²) in [7, 11) is 0. The molecule has 1 unspecified atom stereocenters. The van der Waals surface area contributed by atoms with Crippen molar-refractivity contribution in [2.45, 2.75) is 39.7 Å². The molecule has 0 heterocycles. The van der Waals surface area contributed by atoms with Crippen LogP contribution in [0.4, 0.5) is 0 Å². The number of esters is 1. The van der Waals surface area contributed by atoms with E-state index in [2.05, 4.69) is 0 Å². The average Bonchev–Trinajstić information content (AvgIpc) is 2.28. The van der Waals surface area contributed by atoms with Crippen LogP contribution >= 0.6 is 0 Å². The molecule has 3 heteroatoms. The molecule has 3 nitrogen and oxygen atoms in total. The zero-order chi connectivity index (χ0) is 13.8. The van der Waals surface area contributed by atoms with Gasteiger partial charge in [0.2, 0.25) is 0 Å². The molecule has 0 aliphatic heterocycles. The number of rotatable bonds is 4. The molecule has 0 spiro atoms. The monoisotopic (exact) mass is 248 g/mol. The van der Waals surface area contributed by atoms with Gasteiger partial charge >= 0.3 is 5.97 Å². The molecule has 1 aromatic carbocycles. The molecule has 0 amide bonds. The molecule has 1 rings (SSSR count). The van der Waals surface area contributed by atoms with Gasteiger partial charge in [0.25, 0.3) is 0 Å². The summed E-state index contributed by atoms with van der Waals surface area (Å²) >= 11 is 0. The molecule has 0 aliphatic rings. The summed E-state index contributed by atoms with van der Waals surface area (Å²) < 4.78 is 5.27. The molecule has 0 radical (unpaired) electrons. The van der Waals surface area contributed by atoms with Crippen LogP contribution in [0.5, 0.6) is 0 Å². The van der Waals surface area contributed by atoms with E-state index in [1.807, 2.05) is 13.0 Å². The molecule has 0 saturated heterocycles. The highest BCUT2D eigenvalue weighted by Gasteiger charge is 2.30. The van der Waals surface area contributed by atoms with E-state index in [0.717, 1.165) is 0 Å². The first kappa shape index (κ1) is 14.4. The molecule has 1 aromatic rings. The highest BCUT2D eigenvalue weighted by Crippen LogP contribution is 2.18. The van der Waals surface area contributed by atoms with Gasteiger partial charge in [-0.3, -0.25) is 9.59 Å². The number of benzene rings is 1.